The number of rotatable bonds is 9. The van der Waals surface area contributed by atoms with E-state index < -0.39 is 18.2 Å². The third-order valence-electron chi connectivity index (χ3n) is 7.45. The van der Waals surface area contributed by atoms with Crippen molar-refractivity contribution in [2.45, 2.75) is 44.0 Å². The second-order valence-corrected chi connectivity index (χ2v) is 10.4. The van der Waals surface area contributed by atoms with Crippen LogP contribution < -0.4 is 9.47 Å². The Morgan fingerprint density at radius 3 is 2.73 bits per heavy atom. The highest BCUT2D eigenvalue weighted by Gasteiger charge is 2.34. The number of fused-ring (bicyclic) bond motifs is 3. The molecule has 0 unspecified atom stereocenters. The van der Waals surface area contributed by atoms with E-state index in [9.17, 15) is 9.59 Å². The van der Waals surface area contributed by atoms with Gasteiger partial charge in [-0.1, -0.05) is 23.7 Å². The first kappa shape index (κ1) is 28.0. The lowest BCUT2D eigenvalue weighted by molar-refractivity contribution is -0.147. The van der Waals surface area contributed by atoms with Gasteiger partial charge in [-0.15, -0.1) is 0 Å². The van der Waals surface area contributed by atoms with E-state index in [1.807, 2.05) is 54.7 Å². The third-order valence-corrected chi connectivity index (χ3v) is 7.69. The van der Waals surface area contributed by atoms with Gasteiger partial charge in [0, 0.05) is 41.9 Å². The van der Waals surface area contributed by atoms with E-state index in [1.54, 1.807) is 19.1 Å². The number of amides is 1. The minimum absolute atomic E-state index is 0.00866. The first-order chi connectivity index (χ1) is 19.4. The quantitative estimate of drug-likeness (QED) is 0.379. The van der Waals surface area contributed by atoms with E-state index in [0.717, 1.165) is 35.3 Å². The highest BCUT2D eigenvalue weighted by molar-refractivity contribution is 6.30. The van der Waals surface area contributed by atoms with Crippen molar-refractivity contribution < 1.29 is 33.6 Å². The number of carbonyl (C=O) groups excluding carboxylic acids is 1. The smallest absolute Gasteiger partial charge is 0.329 e. The van der Waals surface area contributed by atoms with Crippen LogP contribution >= 0.6 is 11.6 Å². The van der Waals surface area contributed by atoms with E-state index in [2.05, 4.69) is 4.57 Å². The first-order valence-corrected chi connectivity index (χ1v) is 13.7. The monoisotopic (exact) mass is 568 g/mol. The number of methoxy groups -OCH3 is 2. The molecule has 2 aromatic carbocycles. The number of nitrogens with zero attached hydrogens (tertiary/aromatic N) is 2. The Morgan fingerprint density at radius 1 is 1.10 bits per heavy atom. The Bertz CT molecular complexity index is 1370. The van der Waals surface area contributed by atoms with E-state index in [0.29, 0.717) is 36.0 Å². The van der Waals surface area contributed by atoms with Crippen LogP contribution in [-0.2, 0) is 19.1 Å². The van der Waals surface area contributed by atoms with Gasteiger partial charge in [0.15, 0.2) is 11.5 Å². The van der Waals surface area contributed by atoms with Gasteiger partial charge in [-0.2, -0.15) is 0 Å². The van der Waals surface area contributed by atoms with Crippen molar-refractivity contribution in [1.82, 2.24) is 9.47 Å². The molecule has 0 spiro atoms. The zero-order chi connectivity index (χ0) is 28.2. The lowest BCUT2D eigenvalue weighted by Gasteiger charge is -2.33. The first-order valence-electron chi connectivity index (χ1n) is 13.3. The highest BCUT2D eigenvalue weighted by atomic mass is 35.5. The van der Waals surface area contributed by atoms with Crippen LogP contribution in [0.15, 0.2) is 54.7 Å². The molecule has 9 nitrogen and oxygen atoms in total. The number of hydrogen-bond donors (Lipinski definition) is 1. The molecule has 212 valence electrons. The van der Waals surface area contributed by atoms with Crippen molar-refractivity contribution in [3.63, 3.8) is 0 Å². The van der Waals surface area contributed by atoms with Crippen LogP contribution in [0.1, 0.15) is 54.7 Å². The summed E-state index contributed by atoms with van der Waals surface area (Å²) in [7, 11) is 3.20. The normalized spacial score (nSPS) is 20.3. The lowest BCUT2D eigenvalue weighted by Crippen LogP contribution is -2.43. The number of para-hydroxylation sites is 1. The molecule has 0 radical (unpaired) electrons. The van der Waals surface area contributed by atoms with Crippen LogP contribution in [0.5, 0.6) is 11.5 Å². The topological polar surface area (TPSA) is 99.5 Å². The number of likely N-dealkylation sites (tertiary alicyclic amines) is 1. The van der Waals surface area contributed by atoms with Crippen LogP contribution in [0, 0.1) is 0 Å². The average Bonchev–Trinajstić information content (AvgIpc) is 3.41. The minimum atomic E-state index is -1.01. The van der Waals surface area contributed by atoms with Crippen LogP contribution in [0.4, 0.5) is 0 Å². The van der Waals surface area contributed by atoms with E-state index >= 15 is 0 Å². The second-order valence-electron chi connectivity index (χ2n) is 9.94. The highest BCUT2D eigenvalue weighted by Crippen LogP contribution is 2.46. The zero-order valence-corrected chi connectivity index (χ0v) is 23.3. The Hall–Kier alpha value is -3.53. The maximum absolute atomic E-state index is 13.3. The second kappa shape index (κ2) is 12.3. The van der Waals surface area contributed by atoms with E-state index in [4.69, 9.17) is 35.7 Å². The molecule has 0 aliphatic carbocycles. The number of halogens is 1. The molecule has 5 rings (SSSR count). The molecule has 3 aromatic rings. The number of carboxylic acid groups (broad SMARTS) is 1. The molecule has 1 aromatic heterocycles. The molecule has 3 atom stereocenters. The number of aliphatic carboxylic acids is 1. The molecule has 1 amide bonds. The Kier molecular flexibility index (Phi) is 8.63. The fourth-order valence-corrected chi connectivity index (χ4v) is 5.80. The van der Waals surface area contributed by atoms with Gasteiger partial charge in [0.1, 0.15) is 12.7 Å². The molecule has 1 saturated heterocycles. The standard InChI is InChI=1S/C30H33ClN2O7/c1-37-26-9-3-7-21(30(26)38-2)29-22-16-19(31)10-11-23(22)33-15-5-8-24(33)25(40-29)12-13-27(34)32-14-4-6-20(17-32)39-18-28(35)36/h3,5,7-11,15-16,20,25,29H,4,6,12-14,17-18H2,1-2H3,(H,35,36)/t20-,25-,29-/m1/s1. The number of benzene rings is 2. The molecule has 3 heterocycles. The zero-order valence-electron chi connectivity index (χ0n) is 22.5. The molecule has 2 aliphatic rings. The van der Waals surface area contributed by atoms with Crippen LogP contribution in [0.25, 0.3) is 5.69 Å². The number of piperidine rings is 1. The van der Waals surface area contributed by atoms with Crippen molar-refractivity contribution >= 4 is 23.5 Å². The summed E-state index contributed by atoms with van der Waals surface area (Å²) in [5.41, 5.74) is 3.53. The SMILES string of the molecule is COc1cccc([C@H]2O[C@H](CCC(=O)N3CCC[C@@H](OCC(=O)O)C3)c3cccn3-c3ccc(Cl)cc32)c1OC. The molecule has 1 fully saturated rings. The van der Waals surface area contributed by atoms with Gasteiger partial charge in [0.05, 0.1) is 37.8 Å². The van der Waals surface area contributed by atoms with Crippen LogP contribution in [-0.4, -0.2) is 66.5 Å². The van der Waals surface area contributed by atoms with Gasteiger partial charge >= 0.3 is 5.97 Å². The summed E-state index contributed by atoms with van der Waals surface area (Å²) in [4.78, 5) is 26.0. The van der Waals surface area contributed by atoms with Crippen molar-refractivity contribution in [1.29, 1.82) is 0 Å². The van der Waals surface area contributed by atoms with Crippen molar-refractivity contribution in [3.8, 4) is 17.2 Å². The lowest BCUT2D eigenvalue weighted by atomic mass is 9.98. The molecule has 40 heavy (non-hydrogen) atoms. The Balaban J connectivity index is 1.43. The minimum Gasteiger partial charge on any atom is -0.493 e. The molecular weight excluding hydrogens is 536 g/mol. The number of aromatic nitrogens is 1. The maximum Gasteiger partial charge on any atom is 0.329 e. The number of ether oxygens (including phenoxy) is 4. The fourth-order valence-electron chi connectivity index (χ4n) is 5.62. The van der Waals surface area contributed by atoms with Crippen LogP contribution in [0.3, 0.4) is 0 Å². The number of hydrogen-bond acceptors (Lipinski definition) is 6. The number of carboxylic acids is 1. The molecule has 2 aliphatic heterocycles. The summed E-state index contributed by atoms with van der Waals surface area (Å²) in [6.07, 6.45) is 2.99. The molecular formula is C30H33ClN2O7. The van der Waals surface area contributed by atoms with Gasteiger partial charge in [0.25, 0.3) is 0 Å². The predicted molar refractivity (Wildman–Crippen MR) is 148 cm³/mol. The van der Waals surface area contributed by atoms with Gasteiger partial charge in [-0.05, 0) is 55.7 Å². The molecule has 10 heteroatoms. The summed E-state index contributed by atoms with van der Waals surface area (Å²) in [6.45, 7) is 0.655. The number of carbonyl (C=O) groups is 2. The molecule has 1 N–H and O–H groups in total. The Morgan fingerprint density at radius 2 is 1.95 bits per heavy atom. The van der Waals surface area contributed by atoms with E-state index in [1.165, 1.54) is 0 Å². The summed E-state index contributed by atoms with van der Waals surface area (Å²) < 4.78 is 25.7. The van der Waals surface area contributed by atoms with Crippen molar-refractivity contribution in [2.24, 2.45) is 0 Å². The summed E-state index contributed by atoms with van der Waals surface area (Å²) >= 11 is 6.48. The Labute approximate surface area is 238 Å². The predicted octanol–water partition coefficient (Wildman–Crippen LogP) is 5.18. The summed E-state index contributed by atoms with van der Waals surface area (Å²) in [5, 5.41) is 9.52. The largest absolute Gasteiger partial charge is 0.493 e. The maximum atomic E-state index is 13.3. The summed E-state index contributed by atoms with van der Waals surface area (Å²) in [6, 6.07) is 15.4. The van der Waals surface area contributed by atoms with Gasteiger partial charge < -0.3 is 33.5 Å². The fraction of sp³-hybridized carbons (Fsp3) is 0.400. The van der Waals surface area contributed by atoms with Gasteiger partial charge in [-0.25, -0.2) is 4.79 Å². The molecule has 0 saturated carbocycles. The molecule has 0 bridgehead atoms. The van der Waals surface area contributed by atoms with Gasteiger partial charge in [0.2, 0.25) is 5.91 Å². The van der Waals surface area contributed by atoms with Crippen LogP contribution in [0.2, 0.25) is 5.02 Å². The third kappa shape index (κ3) is 5.82. The van der Waals surface area contributed by atoms with Crippen molar-refractivity contribution in [2.75, 3.05) is 33.9 Å². The average molecular weight is 569 g/mol. The van der Waals surface area contributed by atoms with Gasteiger partial charge in [-0.3, -0.25) is 4.79 Å². The van der Waals surface area contributed by atoms with E-state index in [-0.39, 0.29) is 25.0 Å². The van der Waals surface area contributed by atoms with Crippen molar-refractivity contribution in [3.05, 3.63) is 76.6 Å². The summed E-state index contributed by atoms with van der Waals surface area (Å²) in [5.74, 6) is 0.141.